The molecule has 0 saturated heterocycles. The fraction of sp³-hybridized carbons (Fsp3) is 0.440. The predicted molar refractivity (Wildman–Crippen MR) is 118 cm³/mol. The zero-order valence-electron chi connectivity index (χ0n) is 17.9. The molecule has 0 amide bonds. The third-order valence-corrected chi connectivity index (χ3v) is 6.31. The number of carbonyl (C=O) groups is 1. The molecule has 5 nitrogen and oxygen atoms in total. The van der Waals surface area contributed by atoms with Gasteiger partial charge < -0.3 is 14.4 Å². The first-order valence-electron chi connectivity index (χ1n) is 10.9. The minimum atomic E-state index is -0.220. The van der Waals surface area contributed by atoms with E-state index in [1.54, 1.807) is 12.1 Å². The Morgan fingerprint density at radius 1 is 1.17 bits per heavy atom. The molecule has 0 radical (unpaired) electrons. The summed E-state index contributed by atoms with van der Waals surface area (Å²) in [5.41, 5.74) is 2.58. The first-order valence-corrected chi connectivity index (χ1v) is 10.9. The summed E-state index contributed by atoms with van der Waals surface area (Å²) >= 11 is 0. The normalized spacial score (nSPS) is 21.8. The molecule has 30 heavy (non-hydrogen) atoms. The Balaban J connectivity index is 1.62. The van der Waals surface area contributed by atoms with Crippen LogP contribution in [0.3, 0.4) is 0 Å². The van der Waals surface area contributed by atoms with Crippen LogP contribution in [0.25, 0.3) is 22.4 Å². The zero-order valence-corrected chi connectivity index (χ0v) is 17.9. The number of esters is 1. The van der Waals surface area contributed by atoms with Crippen molar-refractivity contribution in [2.75, 3.05) is 0 Å². The standard InChI is InChI=1S/C25H30N2O3/c1-16(2)20-13-8-17(3)14-23(20)30-24(29)15-27-22-7-5-4-6-21(22)26-25(27)18-9-11-19(28)12-10-18/h4-7,9-12,16-17,20,23,28H,8,13-15H2,1-3H3/t17-,20+,23-/m1/s1. The van der Waals surface area contributed by atoms with Crippen LogP contribution in [0.5, 0.6) is 5.75 Å². The van der Waals surface area contributed by atoms with Crippen molar-refractivity contribution >= 4 is 17.0 Å². The second-order valence-corrected chi connectivity index (χ2v) is 8.91. The van der Waals surface area contributed by atoms with Crippen molar-refractivity contribution in [2.24, 2.45) is 17.8 Å². The minimum Gasteiger partial charge on any atom is -0.508 e. The van der Waals surface area contributed by atoms with Crippen LogP contribution in [0.4, 0.5) is 0 Å². The Kier molecular flexibility index (Phi) is 5.80. The summed E-state index contributed by atoms with van der Waals surface area (Å²) in [6.07, 6.45) is 3.23. The van der Waals surface area contributed by atoms with Crippen LogP contribution in [-0.2, 0) is 16.1 Å². The number of nitrogens with zero attached hydrogens (tertiary/aromatic N) is 2. The highest BCUT2D eigenvalue weighted by atomic mass is 16.5. The minimum absolute atomic E-state index is 0.0202. The molecular weight excluding hydrogens is 376 g/mol. The highest BCUT2D eigenvalue weighted by molar-refractivity contribution is 5.83. The van der Waals surface area contributed by atoms with E-state index in [1.165, 1.54) is 6.42 Å². The monoisotopic (exact) mass is 406 g/mol. The number of imidazole rings is 1. The molecule has 1 fully saturated rings. The number of ether oxygens (including phenoxy) is 1. The molecule has 5 heteroatoms. The van der Waals surface area contributed by atoms with Crippen LogP contribution in [0.1, 0.15) is 40.0 Å². The van der Waals surface area contributed by atoms with Gasteiger partial charge >= 0.3 is 5.97 Å². The smallest absolute Gasteiger partial charge is 0.326 e. The molecule has 1 aliphatic carbocycles. The Labute approximate surface area is 177 Å². The second kappa shape index (κ2) is 8.50. The van der Waals surface area contributed by atoms with Gasteiger partial charge in [-0.05, 0) is 67.0 Å². The van der Waals surface area contributed by atoms with E-state index < -0.39 is 0 Å². The summed E-state index contributed by atoms with van der Waals surface area (Å²) in [5, 5.41) is 9.63. The Bertz CT molecular complexity index is 1020. The van der Waals surface area contributed by atoms with Crippen molar-refractivity contribution < 1.29 is 14.6 Å². The van der Waals surface area contributed by atoms with Gasteiger partial charge in [-0.2, -0.15) is 0 Å². The van der Waals surface area contributed by atoms with E-state index in [2.05, 4.69) is 20.8 Å². The van der Waals surface area contributed by atoms with E-state index in [0.29, 0.717) is 23.6 Å². The third kappa shape index (κ3) is 4.20. The maximum atomic E-state index is 13.0. The van der Waals surface area contributed by atoms with Crippen LogP contribution >= 0.6 is 0 Å². The van der Waals surface area contributed by atoms with E-state index in [-0.39, 0.29) is 24.4 Å². The number of carbonyl (C=O) groups excluding carboxylic acids is 1. The Morgan fingerprint density at radius 2 is 1.90 bits per heavy atom. The molecule has 158 valence electrons. The van der Waals surface area contributed by atoms with Gasteiger partial charge in [0, 0.05) is 5.56 Å². The van der Waals surface area contributed by atoms with Crippen LogP contribution in [0, 0.1) is 17.8 Å². The summed E-state index contributed by atoms with van der Waals surface area (Å²) in [6.45, 7) is 6.79. The molecule has 1 N–H and O–H groups in total. The molecule has 1 heterocycles. The van der Waals surface area contributed by atoms with Gasteiger partial charge in [0.25, 0.3) is 0 Å². The number of phenolic OH excluding ortho intramolecular Hbond substituents is 1. The molecule has 0 spiro atoms. The van der Waals surface area contributed by atoms with Crippen LogP contribution in [0.15, 0.2) is 48.5 Å². The molecule has 3 aromatic rings. The average molecular weight is 407 g/mol. The molecule has 3 atom stereocenters. The number of fused-ring (bicyclic) bond motifs is 1. The molecular formula is C25H30N2O3. The Hall–Kier alpha value is -2.82. The number of aromatic nitrogens is 2. The lowest BCUT2D eigenvalue weighted by Crippen LogP contribution is -2.36. The summed E-state index contributed by atoms with van der Waals surface area (Å²) in [6, 6.07) is 14.7. The first-order chi connectivity index (χ1) is 14.4. The summed E-state index contributed by atoms with van der Waals surface area (Å²) in [7, 11) is 0. The number of benzene rings is 2. The molecule has 2 aromatic carbocycles. The van der Waals surface area contributed by atoms with Crippen molar-refractivity contribution in [1.82, 2.24) is 9.55 Å². The van der Waals surface area contributed by atoms with Gasteiger partial charge in [-0.15, -0.1) is 0 Å². The van der Waals surface area contributed by atoms with Gasteiger partial charge in [-0.1, -0.05) is 39.3 Å². The van der Waals surface area contributed by atoms with Gasteiger partial charge in [0.1, 0.15) is 24.2 Å². The van der Waals surface area contributed by atoms with Crippen molar-refractivity contribution in [2.45, 2.75) is 52.7 Å². The highest BCUT2D eigenvalue weighted by Crippen LogP contribution is 2.35. The number of hydrogen-bond donors (Lipinski definition) is 1. The van der Waals surface area contributed by atoms with E-state index in [0.717, 1.165) is 29.4 Å². The van der Waals surface area contributed by atoms with Crippen LogP contribution in [0.2, 0.25) is 0 Å². The van der Waals surface area contributed by atoms with Gasteiger partial charge in [0.15, 0.2) is 0 Å². The van der Waals surface area contributed by atoms with E-state index >= 15 is 0 Å². The lowest BCUT2D eigenvalue weighted by molar-refractivity contribution is -0.156. The van der Waals surface area contributed by atoms with Crippen LogP contribution in [-0.4, -0.2) is 26.7 Å². The van der Waals surface area contributed by atoms with Crippen LogP contribution < -0.4 is 0 Å². The van der Waals surface area contributed by atoms with Gasteiger partial charge in [-0.25, -0.2) is 4.98 Å². The molecule has 0 aliphatic heterocycles. The average Bonchev–Trinajstić information content (AvgIpc) is 3.07. The topological polar surface area (TPSA) is 64.3 Å². The molecule has 1 aliphatic rings. The summed E-state index contributed by atoms with van der Waals surface area (Å²) in [5.74, 6) is 2.18. The molecule has 0 unspecified atom stereocenters. The highest BCUT2D eigenvalue weighted by Gasteiger charge is 2.33. The number of hydrogen-bond acceptors (Lipinski definition) is 4. The number of rotatable bonds is 5. The number of aromatic hydroxyl groups is 1. The van der Waals surface area contributed by atoms with Gasteiger partial charge in [0.2, 0.25) is 0 Å². The van der Waals surface area contributed by atoms with Crippen molar-refractivity contribution in [3.05, 3.63) is 48.5 Å². The van der Waals surface area contributed by atoms with Crippen molar-refractivity contribution in [1.29, 1.82) is 0 Å². The first kappa shape index (κ1) is 20.5. The van der Waals surface area contributed by atoms with Gasteiger partial charge in [0.05, 0.1) is 11.0 Å². The van der Waals surface area contributed by atoms with Crippen molar-refractivity contribution in [3.8, 4) is 17.1 Å². The van der Waals surface area contributed by atoms with E-state index in [4.69, 9.17) is 9.72 Å². The summed E-state index contributed by atoms with van der Waals surface area (Å²) in [4.78, 5) is 17.8. The van der Waals surface area contributed by atoms with Gasteiger partial charge in [-0.3, -0.25) is 4.79 Å². The number of para-hydroxylation sites is 2. The summed E-state index contributed by atoms with van der Waals surface area (Å²) < 4.78 is 7.96. The maximum absolute atomic E-state index is 13.0. The predicted octanol–water partition coefficient (Wildman–Crippen LogP) is 5.41. The van der Waals surface area contributed by atoms with E-state index in [1.807, 2.05) is 41.0 Å². The fourth-order valence-corrected chi connectivity index (χ4v) is 4.65. The molecule has 1 saturated carbocycles. The van der Waals surface area contributed by atoms with Crippen molar-refractivity contribution in [3.63, 3.8) is 0 Å². The maximum Gasteiger partial charge on any atom is 0.326 e. The fourth-order valence-electron chi connectivity index (χ4n) is 4.65. The van der Waals surface area contributed by atoms with E-state index in [9.17, 15) is 9.90 Å². The SMILES string of the molecule is CC(C)[C@@H]1CC[C@@H](C)C[C@H]1OC(=O)Cn1c(-c2ccc(O)cc2)nc2ccccc21. The lowest BCUT2D eigenvalue weighted by atomic mass is 9.75. The third-order valence-electron chi connectivity index (χ3n) is 6.31. The molecule has 4 rings (SSSR count). The molecule has 0 bridgehead atoms. The molecule has 1 aromatic heterocycles. The largest absolute Gasteiger partial charge is 0.508 e. The lowest BCUT2D eigenvalue weighted by Gasteiger charge is -2.36. The zero-order chi connectivity index (χ0) is 21.3. The quantitative estimate of drug-likeness (QED) is 0.575. The number of phenols is 1. The Morgan fingerprint density at radius 3 is 2.63 bits per heavy atom. The second-order valence-electron chi connectivity index (χ2n) is 8.91.